The molecule has 1 fully saturated rings. The van der Waals surface area contributed by atoms with Gasteiger partial charge in [0.1, 0.15) is 0 Å². The summed E-state index contributed by atoms with van der Waals surface area (Å²) in [6.07, 6.45) is 1.54. The van der Waals surface area contributed by atoms with Gasteiger partial charge in [0.25, 0.3) is 0 Å². The van der Waals surface area contributed by atoms with E-state index in [1.165, 1.54) is 0 Å². The maximum atomic E-state index is 12.3. The molecule has 3 amide bonds. The topological polar surface area (TPSA) is 79.5 Å². The number of carbonyl (C=O) groups is 2. The first-order valence-electron chi connectivity index (χ1n) is 9.74. The molecule has 0 atom stereocenters. The van der Waals surface area contributed by atoms with E-state index >= 15 is 0 Å². The van der Waals surface area contributed by atoms with Crippen molar-refractivity contribution >= 4 is 23.5 Å². The van der Waals surface area contributed by atoms with Crippen LogP contribution >= 0.6 is 11.6 Å². The first kappa shape index (κ1) is 21.1. The van der Waals surface area contributed by atoms with Gasteiger partial charge in [-0.1, -0.05) is 60.1 Å². The minimum atomic E-state index is -0.377. The molecule has 1 aliphatic heterocycles. The van der Waals surface area contributed by atoms with Gasteiger partial charge in [0.05, 0.1) is 6.54 Å². The van der Waals surface area contributed by atoms with Crippen LogP contribution in [0.2, 0.25) is 5.02 Å². The number of amides is 3. The molecule has 0 bridgehead atoms. The molecule has 2 aromatic rings. The van der Waals surface area contributed by atoms with Crippen molar-refractivity contribution in [1.82, 2.24) is 16.0 Å². The lowest BCUT2D eigenvalue weighted by Gasteiger charge is -2.38. The summed E-state index contributed by atoms with van der Waals surface area (Å²) >= 11 is 6.43. The Morgan fingerprint density at radius 2 is 1.62 bits per heavy atom. The molecule has 1 aliphatic rings. The standard InChI is InChI=1S/C22H26ClN3O3/c23-19-9-5-4-8-18(19)22(10-12-29-13-11-22)16-26-21(28)25-15-20(27)24-14-17-6-2-1-3-7-17/h1-9H,10-16H2,(H,24,27)(H2,25,26,28). The fraction of sp³-hybridized carbons (Fsp3) is 0.364. The summed E-state index contributed by atoms with van der Waals surface area (Å²) in [5, 5.41) is 9.00. The van der Waals surface area contributed by atoms with Crippen LogP contribution in [0.15, 0.2) is 54.6 Å². The predicted molar refractivity (Wildman–Crippen MR) is 113 cm³/mol. The highest BCUT2D eigenvalue weighted by Gasteiger charge is 2.36. The van der Waals surface area contributed by atoms with E-state index < -0.39 is 0 Å². The molecule has 0 aromatic heterocycles. The van der Waals surface area contributed by atoms with E-state index in [4.69, 9.17) is 16.3 Å². The second-order valence-corrected chi connectivity index (χ2v) is 7.58. The number of urea groups is 1. The van der Waals surface area contributed by atoms with Crippen LogP contribution in [0, 0.1) is 0 Å². The SMILES string of the molecule is O=C(CNC(=O)NCC1(c2ccccc2Cl)CCOCC1)NCc1ccccc1. The van der Waals surface area contributed by atoms with Gasteiger partial charge in [-0.3, -0.25) is 4.79 Å². The van der Waals surface area contributed by atoms with Gasteiger partial charge >= 0.3 is 6.03 Å². The highest BCUT2D eigenvalue weighted by Crippen LogP contribution is 2.38. The lowest BCUT2D eigenvalue weighted by molar-refractivity contribution is -0.120. The van der Waals surface area contributed by atoms with Crippen molar-refractivity contribution in [3.63, 3.8) is 0 Å². The molecule has 0 unspecified atom stereocenters. The number of benzene rings is 2. The molecule has 154 valence electrons. The van der Waals surface area contributed by atoms with Crippen molar-refractivity contribution in [3.05, 3.63) is 70.7 Å². The summed E-state index contributed by atoms with van der Waals surface area (Å²) in [7, 11) is 0. The second-order valence-electron chi connectivity index (χ2n) is 7.17. The van der Waals surface area contributed by atoms with Gasteiger partial charge in [-0.2, -0.15) is 0 Å². The molecule has 0 saturated carbocycles. The van der Waals surface area contributed by atoms with Crippen LogP contribution < -0.4 is 16.0 Å². The molecular weight excluding hydrogens is 390 g/mol. The Balaban J connectivity index is 1.49. The summed E-state index contributed by atoms with van der Waals surface area (Å²) in [6, 6.07) is 17.0. The minimum absolute atomic E-state index is 0.0825. The summed E-state index contributed by atoms with van der Waals surface area (Å²) in [5.41, 5.74) is 1.75. The number of ether oxygens (including phenoxy) is 1. The molecule has 0 spiro atoms. The Morgan fingerprint density at radius 3 is 2.34 bits per heavy atom. The van der Waals surface area contributed by atoms with Gasteiger partial charge in [0.2, 0.25) is 5.91 Å². The third kappa shape index (κ3) is 5.95. The number of hydrogen-bond acceptors (Lipinski definition) is 3. The van der Waals surface area contributed by atoms with Crippen LogP contribution in [0.3, 0.4) is 0 Å². The number of rotatable bonds is 7. The highest BCUT2D eigenvalue weighted by atomic mass is 35.5. The molecular formula is C22H26ClN3O3. The first-order valence-corrected chi connectivity index (χ1v) is 10.1. The normalized spacial score (nSPS) is 15.3. The number of nitrogens with one attached hydrogen (secondary N) is 3. The fourth-order valence-electron chi connectivity index (χ4n) is 3.53. The second kappa shape index (κ2) is 10.3. The van der Waals surface area contributed by atoms with Crippen molar-refractivity contribution in [2.24, 2.45) is 0 Å². The summed E-state index contributed by atoms with van der Waals surface area (Å²) in [6.45, 7) is 2.02. The summed E-state index contributed by atoms with van der Waals surface area (Å²) in [5.74, 6) is -0.240. The van der Waals surface area contributed by atoms with E-state index in [-0.39, 0.29) is 23.9 Å². The molecule has 0 radical (unpaired) electrons. The van der Waals surface area contributed by atoms with Crippen LogP contribution in [0.4, 0.5) is 4.79 Å². The Labute approximate surface area is 176 Å². The van der Waals surface area contributed by atoms with E-state index in [0.717, 1.165) is 24.0 Å². The lowest BCUT2D eigenvalue weighted by Crippen LogP contribution is -2.49. The zero-order valence-electron chi connectivity index (χ0n) is 16.2. The van der Waals surface area contributed by atoms with Crippen LogP contribution in [0.25, 0.3) is 0 Å². The fourth-order valence-corrected chi connectivity index (χ4v) is 3.86. The van der Waals surface area contributed by atoms with E-state index in [1.54, 1.807) is 0 Å². The van der Waals surface area contributed by atoms with Crippen molar-refractivity contribution in [2.45, 2.75) is 24.8 Å². The van der Waals surface area contributed by atoms with Gasteiger partial charge in [-0.05, 0) is 30.0 Å². The van der Waals surface area contributed by atoms with Crippen molar-refractivity contribution in [3.8, 4) is 0 Å². The summed E-state index contributed by atoms with van der Waals surface area (Å²) in [4.78, 5) is 24.2. The smallest absolute Gasteiger partial charge is 0.315 e. The first-order chi connectivity index (χ1) is 14.1. The minimum Gasteiger partial charge on any atom is -0.381 e. The predicted octanol–water partition coefficient (Wildman–Crippen LogP) is 3.00. The van der Waals surface area contributed by atoms with Gasteiger partial charge in [0, 0.05) is 36.7 Å². The molecule has 1 heterocycles. The largest absolute Gasteiger partial charge is 0.381 e. The maximum Gasteiger partial charge on any atom is 0.315 e. The van der Waals surface area contributed by atoms with Gasteiger partial charge in [-0.15, -0.1) is 0 Å². The quantitative estimate of drug-likeness (QED) is 0.650. The molecule has 7 heteroatoms. The highest BCUT2D eigenvalue weighted by molar-refractivity contribution is 6.31. The van der Waals surface area contributed by atoms with Gasteiger partial charge in [-0.25, -0.2) is 4.79 Å². The van der Waals surface area contributed by atoms with Crippen molar-refractivity contribution in [1.29, 1.82) is 0 Å². The van der Waals surface area contributed by atoms with E-state index in [0.29, 0.717) is 31.3 Å². The number of carbonyl (C=O) groups excluding carboxylic acids is 2. The zero-order chi connectivity index (χ0) is 20.5. The Morgan fingerprint density at radius 1 is 0.931 bits per heavy atom. The Kier molecular flexibility index (Phi) is 7.49. The molecule has 3 rings (SSSR count). The third-order valence-corrected chi connectivity index (χ3v) is 5.55. The van der Waals surface area contributed by atoms with E-state index in [1.807, 2.05) is 54.6 Å². The molecule has 3 N–H and O–H groups in total. The monoisotopic (exact) mass is 415 g/mol. The molecule has 6 nitrogen and oxygen atoms in total. The van der Waals surface area contributed by atoms with Crippen molar-refractivity contribution < 1.29 is 14.3 Å². The number of halogens is 1. The maximum absolute atomic E-state index is 12.3. The van der Waals surface area contributed by atoms with Crippen molar-refractivity contribution in [2.75, 3.05) is 26.3 Å². The van der Waals surface area contributed by atoms with Gasteiger partial charge < -0.3 is 20.7 Å². The van der Waals surface area contributed by atoms with Crippen LogP contribution in [0.5, 0.6) is 0 Å². The average molecular weight is 416 g/mol. The van der Waals surface area contributed by atoms with Crippen LogP contribution in [0.1, 0.15) is 24.0 Å². The van der Waals surface area contributed by atoms with E-state index in [9.17, 15) is 9.59 Å². The van der Waals surface area contributed by atoms with Gasteiger partial charge in [0.15, 0.2) is 0 Å². The average Bonchev–Trinajstić information content (AvgIpc) is 2.76. The lowest BCUT2D eigenvalue weighted by atomic mass is 9.74. The zero-order valence-corrected chi connectivity index (χ0v) is 17.0. The van der Waals surface area contributed by atoms with Crippen LogP contribution in [-0.2, 0) is 21.5 Å². The van der Waals surface area contributed by atoms with Crippen LogP contribution in [-0.4, -0.2) is 38.2 Å². The Hall–Kier alpha value is -2.57. The molecule has 29 heavy (non-hydrogen) atoms. The summed E-state index contributed by atoms with van der Waals surface area (Å²) < 4.78 is 5.51. The molecule has 0 aliphatic carbocycles. The van der Waals surface area contributed by atoms with E-state index in [2.05, 4.69) is 16.0 Å². The molecule has 2 aromatic carbocycles. The Bertz CT molecular complexity index is 823. The molecule has 1 saturated heterocycles. The third-order valence-electron chi connectivity index (χ3n) is 5.22. The number of hydrogen-bond donors (Lipinski definition) is 3.